The Kier molecular flexibility index (Phi) is 4.81. The Morgan fingerprint density at radius 2 is 2.00 bits per heavy atom. The number of halogens is 1. The molecule has 2 aromatic rings. The highest BCUT2D eigenvalue weighted by Crippen LogP contribution is 2.27. The summed E-state index contributed by atoms with van der Waals surface area (Å²) in [4.78, 5) is 7.27. The molecule has 3 heteroatoms. The monoisotopic (exact) mass is 320 g/mol. The van der Waals surface area contributed by atoms with Crippen molar-refractivity contribution in [2.24, 2.45) is 0 Å². The molecule has 2 nitrogen and oxygen atoms in total. The van der Waals surface area contributed by atoms with E-state index in [1.807, 2.05) is 6.07 Å². The van der Waals surface area contributed by atoms with Crippen molar-refractivity contribution < 1.29 is 0 Å². The van der Waals surface area contributed by atoms with Crippen LogP contribution in [0.25, 0.3) is 10.9 Å². The summed E-state index contributed by atoms with van der Waals surface area (Å²) in [7, 11) is 0. The van der Waals surface area contributed by atoms with E-state index in [9.17, 15) is 0 Å². The second-order valence-corrected chi connectivity index (χ2v) is 5.40. The highest BCUT2D eigenvalue weighted by molar-refractivity contribution is 9.08. The van der Waals surface area contributed by atoms with E-state index in [2.05, 4.69) is 65.9 Å². The van der Waals surface area contributed by atoms with Gasteiger partial charge >= 0.3 is 0 Å². The van der Waals surface area contributed by atoms with E-state index in [1.165, 1.54) is 10.9 Å². The summed E-state index contributed by atoms with van der Waals surface area (Å²) in [5.74, 6) is 1.12. The molecule has 2 rings (SSSR count). The van der Waals surface area contributed by atoms with Gasteiger partial charge in [0.2, 0.25) is 0 Å². The van der Waals surface area contributed by atoms with Crippen molar-refractivity contribution >= 4 is 32.7 Å². The molecule has 0 aliphatic heterocycles. The molecular weight excluding hydrogens is 300 g/mol. The molecule has 1 aromatic heterocycles. The Morgan fingerprint density at radius 1 is 1.26 bits per heavy atom. The molecule has 0 spiro atoms. The number of benzene rings is 1. The second kappa shape index (κ2) is 6.38. The van der Waals surface area contributed by atoms with Crippen LogP contribution in [-0.2, 0) is 5.33 Å². The van der Waals surface area contributed by atoms with Gasteiger partial charge in [0.25, 0.3) is 0 Å². The largest absolute Gasteiger partial charge is 0.354 e. The third kappa shape index (κ3) is 2.92. The number of aromatic nitrogens is 1. The average molecular weight is 321 g/mol. The third-order valence-electron chi connectivity index (χ3n) is 3.66. The maximum atomic E-state index is 4.88. The van der Waals surface area contributed by atoms with Crippen LogP contribution in [0.2, 0.25) is 0 Å². The molecule has 1 heterocycles. The van der Waals surface area contributed by atoms with Gasteiger partial charge in [0.1, 0.15) is 5.82 Å². The SMILES string of the molecule is CCC(C)N(CC)c1nc2ccccc2cc1CBr. The Hall–Kier alpha value is -1.09. The Balaban J connectivity index is 2.56. The summed E-state index contributed by atoms with van der Waals surface area (Å²) in [6.45, 7) is 7.67. The van der Waals surface area contributed by atoms with Gasteiger partial charge in [0.15, 0.2) is 0 Å². The highest BCUT2D eigenvalue weighted by atomic mass is 79.9. The quantitative estimate of drug-likeness (QED) is 0.739. The van der Waals surface area contributed by atoms with Gasteiger partial charge in [-0.25, -0.2) is 4.98 Å². The van der Waals surface area contributed by atoms with Crippen LogP contribution >= 0.6 is 15.9 Å². The molecule has 0 aliphatic rings. The summed E-state index contributed by atoms with van der Waals surface area (Å²) in [6, 6.07) is 11.1. The summed E-state index contributed by atoms with van der Waals surface area (Å²) in [5.41, 5.74) is 2.34. The van der Waals surface area contributed by atoms with Gasteiger partial charge in [-0.1, -0.05) is 41.1 Å². The summed E-state index contributed by atoms with van der Waals surface area (Å²) in [5, 5.41) is 2.05. The fourth-order valence-electron chi connectivity index (χ4n) is 2.39. The fraction of sp³-hybridized carbons (Fsp3) is 0.438. The minimum absolute atomic E-state index is 0.511. The molecule has 0 radical (unpaired) electrons. The Morgan fingerprint density at radius 3 is 2.63 bits per heavy atom. The van der Waals surface area contributed by atoms with Gasteiger partial charge in [-0.3, -0.25) is 0 Å². The van der Waals surface area contributed by atoms with E-state index < -0.39 is 0 Å². The lowest BCUT2D eigenvalue weighted by Gasteiger charge is -2.30. The number of pyridine rings is 1. The number of hydrogen-bond donors (Lipinski definition) is 0. The lowest BCUT2D eigenvalue weighted by molar-refractivity contribution is 0.622. The summed E-state index contributed by atoms with van der Waals surface area (Å²) in [6.07, 6.45) is 1.13. The van der Waals surface area contributed by atoms with Crippen molar-refractivity contribution in [1.29, 1.82) is 0 Å². The van der Waals surface area contributed by atoms with E-state index in [4.69, 9.17) is 4.98 Å². The van der Waals surface area contributed by atoms with Gasteiger partial charge in [-0.15, -0.1) is 0 Å². The lowest BCUT2D eigenvalue weighted by Crippen LogP contribution is -2.33. The number of rotatable bonds is 5. The van der Waals surface area contributed by atoms with Crippen LogP contribution < -0.4 is 4.90 Å². The molecule has 0 aliphatic carbocycles. The highest BCUT2D eigenvalue weighted by Gasteiger charge is 2.16. The van der Waals surface area contributed by atoms with Crippen LogP contribution in [0, 0.1) is 0 Å². The molecule has 1 unspecified atom stereocenters. The Labute approximate surface area is 124 Å². The number of para-hydroxylation sites is 1. The molecule has 0 N–H and O–H groups in total. The molecule has 1 aromatic carbocycles. The van der Waals surface area contributed by atoms with Crippen molar-refractivity contribution in [3.63, 3.8) is 0 Å². The first kappa shape index (κ1) is 14.3. The first-order chi connectivity index (χ1) is 9.21. The zero-order chi connectivity index (χ0) is 13.8. The number of fused-ring (bicyclic) bond motifs is 1. The predicted octanol–water partition coefficient (Wildman–Crippen LogP) is 4.75. The Bertz CT molecular complexity index is 553. The molecule has 0 fully saturated rings. The van der Waals surface area contributed by atoms with Crippen LogP contribution in [0.4, 0.5) is 5.82 Å². The fourth-order valence-corrected chi connectivity index (χ4v) is 2.80. The van der Waals surface area contributed by atoms with Crippen molar-refractivity contribution in [1.82, 2.24) is 4.98 Å². The number of anilines is 1. The van der Waals surface area contributed by atoms with Crippen LogP contribution in [0.3, 0.4) is 0 Å². The normalized spacial score (nSPS) is 12.6. The van der Waals surface area contributed by atoms with Gasteiger partial charge < -0.3 is 4.90 Å². The molecule has 102 valence electrons. The average Bonchev–Trinajstić information content (AvgIpc) is 2.46. The lowest BCUT2D eigenvalue weighted by atomic mass is 10.1. The van der Waals surface area contributed by atoms with Crippen molar-refractivity contribution in [3.05, 3.63) is 35.9 Å². The van der Waals surface area contributed by atoms with Crippen molar-refractivity contribution in [3.8, 4) is 0 Å². The van der Waals surface area contributed by atoms with Gasteiger partial charge in [0.05, 0.1) is 5.52 Å². The predicted molar refractivity (Wildman–Crippen MR) is 87.1 cm³/mol. The van der Waals surface area contributed by atoms with Crippen LogP contribution in [0.1, 0.15) is 32.8 Å². The van der Waals surface area contributed by atoms with Crippen molar-refractivity contribution in [2.45, 2.75) is 38.6 Å². The van der Waals surface area contributed by atoms with Gasteiger partial charge in [-0.2, -0.15) is 0 Å². The van der Waals surface area contributed by atoms with E-state index >= 15 is 0 Å². The molecular formula is C16H21BrN2. The van der Waals surface area contributed by atoms with E-state index in [-0.39, 0.29) is 0 Å². The summed E-state index contributed by atoms with van der Waals surface area (Å²) >= 11 is 3.60. The van der Waals surface area contributed by atoms with Crippen LogP contribution in [-0.4, -0.2) is 17.6 Å². The standard InChI is InChI=1S/C16H21BrN2/c1-4-12(3)19(5-2)16-14(11-17)10-13-8-6-7-9-15(13)18-16/h6-10,12H,4-5,11H2,1-3H3. The maximum absolute atomic E-state index is 4.88. The number of alkyl halides is 1. The molecule has 0 bridgehead atoms. The second-order valence-electron chi connectivity index (χ2n) is 4.84. The topological polar surface area (TPSA) is 16.1 Å². The molecule has 1 atom stereocenters. The molecule has 0 saturated heterocycles. The third-order valence-corrected chi connectivity index (χ3v) is 4.26. The minimum atomic E-state index is 0.511. The minimum Gasteiger partial charge on any atom is -0.354 e. The first-order valence-electron chi connectivity index (χ1n) is 6.92. The summed E-state index contributed by atoms with van der Waals surface area (Å²) < 4.78 is 0. The number of hydrogen-bond acceptors (Lipinski definition) is 2. The zero-order valence-corrected chi connectivity index (χ0v) is 13.4. The molecule has 0 saturated carbocycles. The van der Waals surface area contributed by atoms with E-state index in [0.717, 1.165) is 29.6 Å². The van der Waals surface area contributed by atoms with Crippen LogP contribution in [0.5, 0.6) is 0 Å². The smallest absolute Gasteiger partial charge is 0.133 e. The van der Waals surface area contributed by atoms with E-state index in [1.54, 1.807) is 0 Å². The van der Waals surface area contributed by atoms with Gasteiger partial charge in [0, 0.05) is 28.9 Å². The van der Waals surface area contributed by atoms with E-state index in [0.29, 0.717) is 6.04 Å². The van der Waals surface area contributed by atoms with Crippen LogP contribution in [0.15, 0.2) is 30.3 Å². The van der Waals surface area contributed by atoms with Gasteiger partial charge in [-0.05, 0) is 32.4 Å². The van der Waals surface area contributed by atoms with Crippen molar-refractivity contribution in [2.75, 3.05) is 11.4 Å². The molecule has 19 heavy (non-hydrogen) atoms. The zero-order valence-electron chi connectivity index (χ0n) is 11.9. The first-order valence-corrected chi connectivity index (χ1v) is 8.04. The molecule has 0 amide bonds. The number of nitrogens with zero attached hydrogens (tertiary/aromatic N) is 2. The maximum Gasteiger partial charge on any atom is 0.133 e.